The Morgan fingerprint density at radius 2 is 1.72 bits per heavy atom. The van der Waals surface area contributed by atoms with Crippen molar-refractivity contribution < 1.29 is 0 Å². The summed E-state index contributed by atoms with van der Waals surface area (Å²) in [5.41, 5.74) is 10.8. The van der Waals surface area contributed by atoms with Crippen LogP contribution < -0.4 is 5.73 Å². The second kappa shape index (κ2) is 4.75. The van der Waals surface area contributed by atoms with Gasteiger partial charge in [0.25, 0.3) is 0 Å². The van der Waals surface area contributed by atoms with E-state index in [-0.39, 0.29) is 0 Å². The summed E-state index contributed by atoms with van der Waals surface area (Å²) in [6.45, 7) is 3.05. The standard InChI is InChI=1S/C15H15BrN2/c16-14-7-11(5-6-15(14)17)8-18-9-12-3-1-2-4-13(12)10-18/h1-7H,8-10,17H2. The number of hydrogen-bond acceptors (Lipinski definition) is 2. The predicted molar refractivity (Wildman–Crippen MR) is 77.9 cm³/mol. The second-order valence-corrected chi connectivity index (χ2v) is 5.62. The van der Waals surface area contributed by atoms with Gasteiger partial charge in [0, 0.05) is 29.8 Å². The molecular formula is C15H15BrN2. The maximum Gasteiger partial charge on any atom is 0.0458 e. The molecule has 0 amide bonds. The van der Waals surface area contributed by atoms with Crippen LogP contribution in [0.4, 0.5) is 5.69 Å². The third-order valence-corrected chi connectivity index (χ3v) is 4.06. The van der Waals surface area contributed by atoms with Crippen molar-refractivity contribution in [3.63, 3.8) is 0 Å². The summed E-state index contributed by atoms with van der Waals surface area (Å²) < 4.78 is 0.983. The number of hydrogen-bond donors (Lipinski definition) is 1. The third-order valence-electron chi connectivity index (χ3n) is 3.38. The van der Waals surface area contributed by atoms with Crippen LogP contribution >= 0.6 is 15.9 Å². The number of nitrogens with zero attached hydrogens (tertiary/aromatic N) is 1. The fourth-order valence-electron chi connectivity index (χ4n) is 2.44. The zero-order chi connectivity index (χ0) is 12.5. The van der Waals surface area contributed by atoms with Crippen molar-refractivity contribution in [3.05, 3.63) is 63.6 Å². The Kier molecular flexibility index (Phi) is 3.10. The molecule has 0 saturated heterocycles. The van der Waals surface area contributed by atoms with E-state index < -0.39 is 0 Å². The molecule has 0 spiro atoms. The smallest absolute Gasteiger partial charge is 0.0458 e. The number of fused-ring (bicyclic) bond motifs is 1. The van der Waals surface area contributed by atoms with Crippen molar-refractivity contribution >= 4 is 21.6 Å². The Labute approximate surface area is 116 Å². The number of nitrogen functional groups attached to an aromatic ring is 1. The minimum atomic E-state index is 0.795. The van der Waals surface area contributed by atoms with Crippen LogP contribution in [0.2, 0.25) is 0 Å². The van der Waals surface area contributed by atoms with Crippen molar-refractivity contribution in [1.29, 1.82) is 0 Å². The quantitative estimate of drug-likeness (QED) is 0.860. The van der Waals surface area contributed by atoms with Gasteiger partial charge in [-0.2, -0.15) is 0 Å². The fourth-order valence-corrected chi connectivity index (χ4v) is 2.87. The molecule has 1 heterocycles. The molecule has 2 aromatic rings. The molecule has 2 N–H and O–H groups in total. The van der Waals surface area contributed by atoms with Gasteiger partial charge < -0.3 is 5.73 Å². The van der Waals surface area contributed by atoms with Crippen LogP contribution in [0, 0.1) is 0 Å². The molecule has 3 rings (SSSR count). The highest BCUT2D eigenvalue weighted by molar-refractivity contribution is 9.10. The highest BCUT2D eigenvalue weighted by Crippen LogP contribution is 2.26. The summed E-state index contributed by atoms with van der Waals surface area (Å²) in [7, 11) is 0. The van der Waals surface area contributed by atoms with Crippen LogP contribution in [0.15, 0.2) is 46.9 Å². The molecule has 0 aromatic heterocycles. The number of nitrogens with two attached hydrogens (primary N) is 1. The lowest BCUT2D eigenvalue weighted by Gasteiger charge is -2.15. The number of anilines is 1. The minimum Gasteiger partial charge on any atom is -0.398 e. The van der Waals surface area contributed by atoms with E-state index in [0.29, 0.717) is 0 Å². The van der Waals surface area contributed by atoms with Crippen LogP contribution in [-0.4, -0.2) is 4.90 Å². The molecule has 2 nitrogen and oxygen atoms in total. The monoisotopic (exact) mass is 302 g/mol. The summed E-state index contributed by atoms with van der Waals surface area (Å²) in [6, 6.07) is 14.8. The van der Waals surface area contributed by atoms with Gasteiger partial charge in [-0.05, 0) is 44.8 Å². The Bertz CT molecular complexity index is 555. The molecule has 0 atom stereocenters. The lowest BCUT2D eigenvalue weighted by Crippen LogP contribution is -2.15. The molecule has 0 unspecified atom stereocenters. The molecule has 3 heteroatoms. The maximum absolute atomic E-state index is 5.81. The highest BCUT2D eigenvalue weighted by Gasteiger charge is 2.18. The lowest BCUT2D eigenvalue weighted by atomic mass is 10.1. The summed E-state index contributed by atoms with van der Waals surface area (Å²) in [5.74, 6) is 0. The van der Waals surface area contributed by atoms with Gasteiger partial charge >= 0.3 is 0 Å². The number of halogens is 1. The molecule has 1 aliphatic rings. The van der Waals surface area contributed by atoms with Crippen molar-refractivity contribution in [1.82, 2.24) is 4.90 Å². The summed E-state index contributed by atoms with van der Waals surface area (Å²) in [5, 5.41) is 0. The zero-order valence-corrected chi connectivity index (χ0v) is 11.7. The first-order chi connectivity index (χ1) is 8.72. The largest absolute Gasteiger partial charge is 0.398 e. The lowest BCUT2D eigenvalue weighted by molar-refractivity contribution is 0.275. The number of rotatable bonds is 2. The predicted octanol–water partition coefficient (Wildman–Crippen LogP) is 3.55. The van der Waals surface area contributed by atoms with Gasteiger partial charge in [0.2, 0.25) is 0 Å². The van der Waals surface area contributed by atoms with E-state index in [1.807, 2.05) is 6.07 Å². The summed E-state index contributed by atoms with van der Waals surface area (Å²) in [6.07, 6.45) is 0. The molecular weight excluding hydrogens is 288 g/mol. The van der Waals surface area contributed by atoms with E-state index in [9.17, 15) is 0 Å². The van der Waals surface area contributed by atoms with E-state index in [1.165, 1.54) is 16.7 Å². The van der Waals surface area contributed by atoms with Crippen molar-refractivity contribution in [3.8, 4) is 0 Å². The average molecular weight is 303 g/mol. The van der Waals surface area contributed by atoms with Crippen molar-refractivity contribution in [2.45, 2.75) is 19.6 Å². The third kappa shape index (κ3) is 2.28. The number of benzene rings is 2. The Morgan fingerprint density at radius 3 is 2.33 bits per heavy atom. The molecule has 0 aliphatic carbocycles. The molecule has 0 saturated carbocycles. The highest BCUT2D eigenvalue weighted by atomic mass is 79.9. The van der Waals surface area contributed by atoms with E-state index in [1.54, 1.807) is 0 Å². The van der Waals surface area contributed by atoms with Crippen LogP contribution in [0.5, 0.6) is 0 Å². The minimum absolute atomic E-state index is 0.795. The van der Waals surface area contributed by atoms with Crippen LogP contribution in [-0.2, 0) is 19.6 Å². The zero-order valence-electron chi connectivity index (χ0n) is 10.1. The van der Waals surface area contributed by atoms with Gasteiger partial charge in [0.05, 0.1) is 0 Å². The van der Waals surface area contributed by atoms with Gasteiger partial charge in [0.1, 0.15) is 0 Å². The second-order valence-electron chi connectivity index (χ2n) is 4.77. The normalized spacial score (nSPS) is 14.7. The van der Waals surface area contributed by atoms with Gasteiger partial charge in [-0.1, -0.05) is 30.3 Å². The van der Waals surface area contributed by atoms with E-state index in [2.05, 4.69) is 57.2 Å². The Morgan fingerprint density at radius 1 is 1.06 bits per heavy atom. The van der Waals surface area contributed by atoms with Crippen LogP contribution in [0.1, 0.15) is 16.7 Å². The van der Waals surface area contributed by atoms with Gasteiger partial charge in [0.15, 0.2) is 0 Å². The summed E-state index contributed by atoms with van der Waals surface area (Å²) >= 11 is 3.48. The topological polar surface area (TPSA) is 29.3 Å². The average Bonchev–Trinajstić information content (AvgIpc) is 2.76. The first-order valence-electron chi connectivity index (χ1n) is 6.05. The molecule has 2 aromatic carbocycles. The van der Waals surface area contributed by atoms with Crippen LogP contribution in [0.3, 0.4) is 0 Å². The Hall–Kier alpha value is -1.32. The Balaban J connectivity index is 1.74. The molecule has 0 bridgehead atoms. The molecule has 0 radical (unpaired) electrons. The van der Waals surface area contributed by atoms with E-state index in [4.69, 9.17) is 5.73 Å². The first kappa shape index (κ1) is 11.8. The first-order valence-corrected chi connectivity index (χ1v) is 6.85. The van der Waals surface area contributed by atoms with Gasteiger partial charge in [-0.15, -0.1) is 0 Å². The maximum atomic E-state index is 5.81. The summed E-state index contributed by atoms with van der Waals surface area (Å²) in [4.78, 5) is 2.45. The van der Waals surface area contributed by atoms with Gasteiger partial charge in [-0.3, -0.25) is 4.90 Å². The molecule has 18 heavy (non-hydrogen) atoms. The molecule has 92 valence electrons. The van der Waals surface area contributed by atoms with Crippen LogP contribution in [0.25, 0.3) is 0 Å². The molecule has 0 fully saturated rings. The van der Waals surface area contributed by atoms with Crippen molar-refractivity contribution in [2.24, 2.45) is 0 Å². The van der Waals surface area contributed by atoms with Crippen molar-refractivity contribution in [2.75, 3.05) is 5.73 Å². The molecule has 1 aliphatic heterocycles. The fraction of sp³-hybridized carbons (Fsp3) is 0.200. The SMILES string of the molecule is Nc1ccc(CN2Cc3ccccc3C2)cc1Br. The van der Waals surface area contributed by atoms with Gasteiger partial charge in [-0.25, -0.2) is 0 Å². The van der Waals surface area contributed by atoms with E-state index >= 15 is 0 Å². The van der Waals surface area contributed by atoms with E-state index in [0.717, 1.165) is 29.8 Å².